The topological polar surface area (TPSA) is 0 Å². The number of aryl methyl sites for hydroxylation is 1. The fraction of sp³-hybridized carbons (Fsp3) is 0.241. The van der Waals surface area contributed by atoms with Crippen molar-refractivity contribution in [2.45, 2.75) is 45.4 Å². The Kier molecular flexibility index (Phi) is 3.80. The van der Waals surface area contributed by atoms with Gasteiger partial charge >= 0.3 is 0 Å². The Balaban J connectivity index is 1.76. The van der Waals surface area contributed by atoms with Crippen LogP contribution in [0.3, 0.4) is 0 Å². The summed E-state index contributed by atoms with van der Waals surface area (Å²) in [7, 11) is 0. The molecular formula is C29H28. The van der Waals surface area contributed by atoms with Gasteiger partial charge in [-0.25, -0.2) is 0 Å². The first-order valence-corrected chi connectivity index (χ1v) is 10.6. The van der Waals surface area contributed by atoms with Gasteiger partial charge in [-0.1, -0.05) is 107 Å². The summed E-state index contributed by atoms with van der Waals surface area (Å²) >= 11 is 0. The largest absolute Gasteiger partial charge is 0.0622 e. The predicted octanol–water partition coefficient (Wildman–Crippen LogP) is 7.78. The second-order valence-corrected chi connectivity index (χ2v) is 9.54. The maximum absolute atomic E-state index is 2.46. The van der Waals surface area contributed by atoms with Crippen LogP contribution in [0.1, 0.15) is 55.5 Å². The average molecular weight is 377 g/mol. The Morgan fingerprint density at radius 3 is 2.03 bits per heavy atom. The molecule has 0 bridgehead atoms. The van der Waals surface area contributed by atoms with Gasteiger partial charge < -0.3 is 0 Å². The van der Waals surface area contributed by atoms with Gasteiger partial charge in [-0.15, -0.1) is 0 Å². The molecule has 0 radical (unpaired) electrons. The third-order valence-corrected chi connectivity index (χ3v) is 7.10. The van der Waals surface area contributed by atoms with Crippen LogP contribution in [0.25, 0.3) is 21.9 Å². The highest BCUT2D eigenvalue weighted by Gasteiger charge is 2.38. The van der Waals surface area contributed by atoms with Crippen LogP contribution in [0.2, 0.25) is 0 Å². The molecule has 5 rings (SSSR count). The van der Waals surface area contributed by atoms with Gasteiger partial charge in [0.05, 0.1) is 0 Å². The van der Waals surface area contributed by atoms with Gasteiger partial charge in [0.25, 0.3) is 0 Å². The Hall–Kier alpha value is -2.86. The van der Waals surface area contributed by atoms with E-state index in [9.17, 15) is 0 Å². The van der Waals surface area contributed by atoms with Crippen molar-refractivity contribution in [1.82, 2.24) is 0 Å². The summed E-state index contributed by atoms with van der Waals surface area (Å²) in [4.78, 5) is 0. The number of fused-ring (bicyclic) bond motifs is 5. The van der Waals surface area contributed by atoms with Crippen molar-refractivity contribution in [2.75, 3.05) is 0 Å². The summed E-state index contributed by atoms with van der Waals surface area (Å²) in [5.74, 6) is 0. The molecule has 0 nitrogen and oxygen atoms in total. The van der Waals surface area contributed by atoms with Gasteiger partial charge in [-0.3, -0.25) is 0 Å². The molecule has 0 heterocycles. The molecule has 0 heteroatoms. The van der Waals surface area contributed by atoms with Crippen LogP contribution < -0.4 is 0 Å². The lowest BCUT2D eigenvalue weighted by atomic mass is 9.75. The second-order valence-electron chi connectivity index (χ2n) is 9.54. The van der Waals surface area contributed by atoms with E-state index in [0.717, 1.165) is 0 Å². The summed E-state index contributed by atoms with van der Waals surface area (Å²) in [5.41, 5.74) is 9.80. The molecule has 29 heavy (non-hydrogen) atoms. The molecule has 0 fully saturated rings. The van der Waals surface area contributed by atoms with Gasteiger partial charge in [0.2, 0.25) is 0 Å². The van der Waals surface area contributed by atoms with Crippen molar-refractivity contribution in [1.29, 1.82) is 0 Å². The molecule has 4 aromatic rings. The lowest BCUT2D eigenvalue weighted by molar-refractivity contribution is 0.626. The standard InChI is InChI=1S/C29H28/c1-19-17-26-27(23-14-10-9-13-22(19)23)24-16-15-21(18-25(24)29(26,4)5)28(2,3)20-11-7-6-8-12-20/h6-18H,1-5H3. The first-order valence-electron chi connectivity index (χ1n) is 10.6. The maximum Gasteiger partial charge on any atom is 0.0159 e. The van der Waals surface area contributed by atoms with Crippen LogP contribution >= 0.6 is 0 Å². The molecule has 0 unspecified atom stereocenters. The van der Waals surface area contributed by atoms with Gasteiger partial charge in [-0.2, -0.15) is 0 Å². The van der Waals surface area contributed by atoms with Gasteiger partial charge in [0, 0.05) is 10.8 Å². The van der Waals surface area contributed by atoms with E-state index in [4.69, 9.17) is 0 Å². The van der Waals surface area contributed by atoms with Crippen molar-refractivity contribution in [3.8, 4) is 11.1 Å². The fourth-order valence-corrected chi connectivity index (χ4v) is 5.17. The normalized spacial score (nSPS) is 14.7. The van der Waals surface area contributed by atoms with E-state index in [2.05, 4.69) is 113 Å². The van der Waals surface area contributed by atoms with Crippen molar-refractivity contribution in [2.24, 2.45) is 0 Å². The number of benzene rings is 4. The molecule has 0 amide bonds. The first-order chi connectivity index (χ1) is 13.8. The Bertz CT molecular complexity index is 1240. The molecule has 144 valence electrons. The highest BCUT2D eigenvalue weighted by atomic mass is 14.4. The van der Waals surface area contributed by atoms with E-state index in [1.807, 2.05) is 0 Å². The zero-order chi connectivity index (χ0) is 20.4. The van der Waals surface area contributed by atoms with Crippen molar-refractivity contribution in [3.05, 3.63) is 107 Å². The zero-order valence-corrected chi connectivity index (χ0v) is 18.0. The highest BCUT2D eigenvalue weighted by Crippen LogP contribution is 2.52. The van der Waals surface area contributed by atoms with Crippen LogP contribution in [-0.4, -0.2) is 0 Å². The monoisotopic (exact) mass is 376 g/mol. The predicted molar refractivity (Wildman–Crippen MR) is 125 cm³/mol. The number of hydrogen-bond donors (Lipinski definition) is 0. The summed E-state index contributed by atoms with van der Waals surface area (Å²) < 4.78 is 0. The molecule has 1 aliphatic carbocycles. The van der Waals surface area contributed by atoms with Crippen LogP contribution in [0.5, 0.6) is 0 Å². The number of rotatable bonds is 2. The SMILES string of the molecule is Cc1cc2c(c3ccccc13)-c1ccc(C(C)(C)c3ccccc3)cc1C2(C)C. The lowest BCUT2D eigenvalue weighted by Gasteiger charge is -2.29. The molecule has 0 N–H and O–H groups in total. The van der Waals surface area contributed by atoms with E-state index in [-0.39, 0.29) is 10.8 Å². The summed E-state index contributed by atoms with van der Waals surface area (Å²) in [6.45, 7) is 11.7. The first kappa shape index (κ1) is 18.2. The van der Waals surface area contributed by atoms with Crippen LogP contribution in [0, 0.1) is 6.92 Å². The average Bonchev–Trinajstić information content (AvgIpc) is 2.96. The zero-order valence-electron chi connectivity index (χ0n) is 18.0. The minimum Gasteiger partial charge on any atom is -0.0622 e. The van der Waals surface area contributed by atoms with Crippen LogP contribution in [0.15, 0.2) is 78.9 Å². The molecule has 0 aliphatic heterocycles. The lowest BCUT2D eigenvalue weighted by Crippen LogP contribution is -2.21. The van der Waals surface area contributed by atoms with E-state index in [0.29, 0.717) is 0 Å². The quantitative estimate of drug-likeness (QED) is 0.335. The third-order valence-electron chi connectivity index (χ3n) is 7.10. The smallest absolute Gasteiger partial charge is 0.0159 e. The van der Waals surface area contributed by atoms with Crippen molar-refractivity contribution in [3.63, 3.8) is 0 Å². The summed E-state index contributed by atoms with van der Waals surface area (Å²) in [6.07, 6.45) is 0. The second kappa shape index (κ2) is 6.07. The van der Waals surface area contributed by atoms with Gasteiger partial charge in [0.1, 0.15) is 0 Å². The van der Waals surface area contributed by atoms with Gasteiger partial charge in [0.15, 0.2) is 0 Å². The summed E-state index contributed by atoms with van der Waals surface area (Å²) in [6, 6.07) is 29.3. The minimum atomic E-state index is -0.0286. The molecular weight excluding hydrogens is 348 g/mol. The maximum atomic E-state index is 2.46. The minimum absolute atomic E-state index is 0.00222. The highest BCUT2D eigenvalue weighted by molar-refractivity contribution is 6.03. The molecule has 4 aromatic carbocycles. The fourth-order valence-electron chi connectivity index (χ4n) is 5.17. The Morgan fingerprint density at radius 1 is 0.655 bits per heavy atom. The summed E-state index contributed by atoms with van der Waals surface area (Å²) in [5, 5.41) is 2.74. The van der Waals surface area contributed by atoms with E-state index < -0.39 is 0 Å². The van der Waals surface area contributed by atoms with E-state index in [1.54, 1.807) is 0 Å². The molecule has 1 aliphatic rings. The Morgan fingerprint density at radius 2 is 1.31 bits per heavy atom. The van der Waals surface area contributed by atoms with Crippen molar-refractivity contribution < 1.29 is 0 Å². The van der Waals surface area contributed by atoms with Crippen LogP contribution in [-0.2, 0) is 10.8 Å². The van der Waals surface area contributed by atoms with E-state index >= 15 is 0 Å². The van der Waals surface area contributed by atoms with Crippen molar-refractivity contribution >= 4 is 10.8 Å². The Labute approximate surface area is 174 Å². The molecule has 0 saturated heterocycles. The number of hydrogen-bond acceptors (Lipinski definition) is 0. The molecule has 0 aromatic heterocycles. The third kappa shape index (κ3) is 2.52. The molecule has 0 atom stereocenters. The molecule has 0 saturated carbocycles. The van der Waals surface area contributed by atoms with Crippen LogP contribution in [0.4, 0.5) is 0 Å². The van der Waals surface area contributed by atoms with Gasteiger partial charge in [-0.05, 0) is 56.6 Å². The molecule has 0 spiro atoms. The van der Waals surface area contributed by atoms with E-state index in [1.165, 1.54) is 49.7 Å².